The first kappa shape index (κ1) is 19.6. The Hall–Kier alpha value is -2.19. The fourth-order valence-electron chi connectivity index (χ4n) is 3.58. The highest BCUT2D eigenvalue weighted by atomic mass is 32.2. The summed E-state index contributed by atoms with van der Waals surface area (Å²) >= 11 is 0. The number of hydrogen-bond acceptors (Lipinski definition) is 4. The van der Waals surface area contributed by atoms with Crippen LogP contribution in [0.2, 0.25) is 0 Å². The minimum absolute atomic E-state index is 0.0849. The monoisotopic (exact) mass is 392 g/mol. The molecule has 1 N–H and O–H groups in total. The number of amides is 1. The lowest BCUT2D eigenvalue weighted by Crippen LogP contribution is -2.45. The lowest BCUT2D eigenvalue weighted by atomic mass is 9.95. The first-order valence-corrected chi connectivity index (χ1v) is 10.5. The van der Waals surface area contributed by atoms with Crippen LogP contribution in [0.5, 0.6) is 0 Å². The molecule has 7 nitrogen and oxygen atoms in total. The van der Waals surface area contributed by atoms with Crippen LogP contribution in [0.4, 0.5) is 0 Å². The fourth-order valence-corrected chi connectivity index (χ4v) is 5.23. The van der Waals surface area contributed by atoms with Gasteiger partial charge in [0.1, 0.15) is 0 Å². The molecule has 0 saturated carbocycles. The zero-order chi connectivity index (χ0) is 19.6. The van der Waals surface area contributed by atoms with Gasteiger partial charge < -0.3 is 10.0 Å². The molecule has 2 aliphatic heterocycles. The van der Waals surface area contributed by atoms with Gasteiger partial charge in [-0.25, -0.2) is 13.2 Å². The van der Waals surface area contributed by atoms with E-state index in [0.29, 0.717) is 25.9 Å². The first-order valence-electron chi connectivity index (χ1n) is 9.07. The first-order chi connectivity index (χ1) is 12.8. The van der Waals surface area contributed by atoms with E-state index in [4.69, 9.17) is 0 Å². The van der Waals surface area contributed by atoms with E-state index in [9.17, 15) is 23.1 Å². The molecule has 2 heterocycles. The predicted molar refractivity (Wildman–Crippen MR) is 99.8 cm³/mol. The van der Waals surface area contributed by atoms with Gasteiger partial charge >= 0.3 is 5.97 Å². The summed E-state index contributed by atoms with van der Waals surface area (Å²) in [7, 11) is -3.90. The van der Waals surface area contributed by atoms with Crippen molar-refractivity contribution in [1.82, 2.24) is 9.21 Å². The second kappa shape index (κ2) is 7.82. The van der Waals surface area contributed by atoms with Gasteiger partial charge in [0, 0.05) is 32.1 Å². The Balaban J connectivity index is 1.68. The maximum Gasteiger partial charge on any atom is 0.337 e. The van der Waals surface area contributed by atoms with Gasteiger partial charge in [0.05, 0.1) is 10.5 Å². The van der Waals surface area contributed by atoms with Crippen LogP contribution in [0.1, 0.15) is 36.5 Å². The third kappa shape index (κ3) is 4.06. The van der Waals surface area contributed by atoms with E-state index >= 15 is 0 Å². The molecule has 8 heteroatoms. The Bertz CT molecular complexity index is 870. The number of aromatic carboxylic acids is 1. The molecule has 0 atom stereocenters. The number of carboxylic acid groups (broad SMARTS) is 1. The molecule has 27 heavy (non-hydrogen) atoms. The van der Waals surface area contributed by atoms with Crippen molar-refractivity contribution < 1.29 is 23.1 Å². The maximum absolute atomic E-state index is 12.9. The van der Waals surface area contributed by atoms with E-state index in [1.165, 1.54) is 34.1 Å². The van der Waals surface area contributed by atoms with Crippen LogP contribution in [-0.2, 0) is 14.8 Å². The lowest BCUT2D eigenvalue weighted by molar-refractivity contribution is -0.136. The Morgan fingerprint density at radius 1 is 1.11 bits per heavy atom. The molecule has 1 amide bonds. The quantitative estimate of drug-likeness (QED) is 0.791. The Kier molecular flexibility index (Phi) is 5.67. The topological polar surface area (TPSA) is 95.0 Å². The Morgan fingerprint density at radius 3 is 2.37 bits per heavy atom. The zero-order valence-corrected chi connectivity index (χ0v) is 16.1. The molecule has 0 spiro atoms. The molecule has 0 unspecified atom stereocenters. The molecule has 0 aliphatic carbocycles. The molecule has 0 bridgehead atoms. The van der Waals surface area contributed by atoms with Crippen molar-refractivity contribution in [1.29, 1.82) is 0 Å². The summed E-state index contributed by atoms with van der Waals surface area (Å²) in [4.78, 5) is 25.7. The van der Waals surface area contributed by atoms with Crippen molar-refractivity contribution >= 4 is 21.9 Å². The summed E-state index contributed by atoms with van der Waals surface area (Å²) in [5.74, 6) is -1.37. The molecule has 1 aromatic carbocycles. The number of piperidine rings is 1. The fraction of sp³-hybridized carbons (Fsp3) is 0.474. The van der Waals surface area contributed by atoms with Gasteiger partial charge in [0.2, 0.25) is 15.9 Å². The highest BCUT2D eigenvalue weighted by molar-refractivity contribution is 7.89. The number of nitrogens with zero attached hydrogens (tertiary/aromatic N) is 2. The zero-order valence-electron chi connectivity index (χ0n) is 15.3. The van der Waals surface area contributed by atoms with Crippen LogP contribution >= 0.6 is 0 Å². The van der Waals surface area contributed by atoms with Crippen LogP contribution in [0.3, 0.4) is 0 Å². The minimum Gasteiger partial charge on any atom is -0.478 e. The summed E-state index contributed by atoms with van der Waals surface area (Å²) in [5, 5.41) is 9.27. The second-order valence-corrected chi connectivity index (χ2v) is 8.97. The average Bonchev–Trinajstić information content (AvgIpc) is 2.68. The molecule has 3 rings (SSSR count). The van der Waals surface area contributed by atoms with E-state index in [1.54, 1.807) is 0 Å². The second-order valence-electron chi connectivity index (χ2n) is 7.06. The van der Waals surface area contributed by atoms with E-state index in [1.807, 2.05) is 4.90 Å². The number of hydrogen-bond donors (Lipinski definition) is 1. The van der Waals surface area contributed by atoms with Crippen LogP contribution in [-0.4, -0.2) is 60.8 Å². The molecule has 0 aromatic heterocycles. The van der Waals surface area contributed by atoms with Gasteiger partial charge in [0.15, 0.2) is 0 Å². The number of benzene rings is 1. The van der Waals surface area contributed by atoms with Crippen molar-refractivity contribution in [3.63, 3.8) is 0 Å². The van der Waals surface area contributed by atoms with Gasteiger partial charge in [-0.2, -0.15) is 4.31 Å². The van der Waals surface area contributed by atoms with E-state index in [0.717, 1.165) is 6.42 Å². The van der Waals surface area contributed by atoms with E-state index in [2.05, 4.69) is 13.0 Å². The Morgan fingerprint density at radius 2 is 1.78 bits per heavy atom. The maximum atomic E-state index is 12.9. The van der Waals surface area contributed by atoms with Crippen molar-refractivity contribution in [2.45, 2.75) is 31.1 Å². The molecule has 1 saturated heterocycles. The van der Waals surface area contributed by atoms with Crippen molar-refractivity contribution in [2.75, 3.05) is 26.2 Å². The minimum atomic E-state index is -3.90. The van der Waals surface area contributed by atoms with Crippen molar-refractivity contribution in [3.05, 3.63) is 41.5 Å². The third-order valence-electron chi connectivity index (χ3n) is 5.29. The van der Waals surface area contributed by atoms with Gasteiger partial charge in [0.25, 0.3) is 0 Å². The van der Waals surface area contributed by atoms with Crippen LogP contribution < -0.4 is 0 Å². The highest BCUT2D eigenvalue weighted by Gasteiger charge is 2.35. The molecular weight excluding hydrogens is 368 g/mol. The number of carbonyl (C=O) groups excluding carboxylic acids is 1. The van der Waals surface area contributed by atoms with Gasteiger partial charge in [-0.15, -0.1) is 0 Å². The normalized spacial score (nSPS) is 19.6. The molecule has 0 radical (unpaired) electrons. The van der Waals surface area contributed by atoms with Crippen LogP contribution in [0.15, 0.2) is 40.8 Å². The molecule has 1 fully saturated rings. The molecule has 146 valence electrons. The number of carboxylic acids is 1. The highest BCUT2D eigenvalue weighted by Crippen LogP contribution is 2.27. The SMILES string of the molecule is CC1=CCN(C(=O)C2CCN(S(=O)(=O)c3ccccc3C(=O)O)CC2)CC1. The van der Waals surface area contributed by atoms with Crippen LogP contribution in [0, 0.1) is 5.92 Å². The van der Waals surface area contributed by atoms with Crippen molar-refractivity contribution in [3.8, 4) is 0 Å². The standard InChI is InChI=1S/C19H24N2O5S/c1-14-6-10-20(11-7-14)18(22)15-8-12-21(13-9-15)27(25,26)17-5-3-2-4-16(17)19(23)24/h2-6,15H,7-13H2,1H3,(H,23,24). The summed E-state index contributed by atoms with van der Waals surface area (Å²) in [5.41, 5.74) is 1.06. The Labute approximate surface area is 159 Å². The summed E-state index contributed by atoms with van der Waals surface area (Å²) in [6.07, 6.45) is 3.84. The lowest BCUT2D eigenvalue weighted by Gasteiger charge is -2.34. The number of sulfonamides is 1. The van der Waals surface area contributed by atoms with Gasteiger partial charge in [-0.3, -0.25) is 4.79 Å². The summed E-state index contributed by atoms with van der Waals surface area (Å²) in [6, 6.07) is 5.62. The van der Waals surface area contributed by atoms with E-state index in [-0.39, 0.29) is 35.4 Å². The van der Waals surface area contributed by atoms with Crippen LogP contribution in [0.25, 0.3) is 0 Å². The molecule has 2 aliphatic rings. The van der Waals surface area contributed by atoms with Crippen molar-refractivity contribution in [2.24, 2.45) is 5.92 Å². The van der Waals surface area contributed by atoms with Gasteiger partial charge in [-0.1, -0.05) is 23.8 Å². The smallest absolute Gasteiger partial charge is 0.337 e. The summed E-state index contributed by atoms with van der Waals surface area (Å²) in [6.45, 7) is 3.83. The third-order valence-corrected chi connectivity index (χ3v) is 7.24. The predicted octanol–water partition coefficient (Wildman–Crippen LogP) is 1.96. The van der Waals surface area contributed by atoms with Gasteiger partial charge in [-0.05, 0) is 38.3 Å². The molecular formula is C19H24N2O5S. The number of carbonyl (C=O) groups is 2. The molecule has 1 aromatic rings. The summed E-state index contributed by atoms with van der Waals surface area (Å²) < 4.78 is 27.1. The van der Waals surface area contributed by atoms with E-state index < -0.39 is 16.0 Å². The largest absolute Gasteiger partial charge is 0.478 e. The number of rotatable bonds is 4. The average molecular weight is 392 g/mol.